The maximum atomic E-state index is 11.8. The summed E-state index contributed by atoms with van der Waals surface area (Å²) < 4.78 is 4.81. The van der Waals surface area contributed by atoms with Gasteiger partial charge in [-0.3, -0.25) is 0 Å². The van der Waals surface area contributed by atoms with E-state index >= 15 is 0 Å². The van der Waals surface area contributed by atoms with E-state index in [1.807, 2.05) is 79.0 Å². The second kappa shape index (κ2) is 9.22. The van der Waals surface area contributed by atoms with Crippen molar-refractivity contribution in [3.8, 4) is 0 Å². The molecule has 0 fully saturated rings. The van der Waals surface area contributed by atoms with Gasteiger partial charge in [0.1, 0.15) is 0 Å². The molecule has 0 N–H and O–H groups in total. The fourth-order valence-electron chi connectivity index (χ4n) is 4.03. The number of hydrogen-bond acceptors (Lipinski definition) is 6. The number of carbonyl (C=O) groups excluding carboxylic acids is 1. The zero-order chi connectivity index (χ0) is 23.1. The molecule has 0 amide bonds. The van der Waals surface area contributed by atoms with E-state index in [9.17, 15) is 4.79 Å². The average Bonchev–Trinajstić information content (AvgIpc) is 3.64. The Morgan fingerprint density at radius 1 is 0.629 bits per heavy atom. The predicted molar refractivity (Wildman–Crippen MR) is 135 cm³/mol. The Labute approximate surface area is 212 Å². The van der Waals surface area contributed by atoms with Crippen molar-refractivity contribution < 1.29 is 26.6 Å². The Bertz CT molecular complexity index is 1520. The molecule has 6 rings (SSSR count). The number of benzene rings is 1. The van der Waals surface area contributed by atoms with Gasteiger partial charge in [-0.25, -0.2) is 24.8 Å². The summed E-state index contributed by atoms with van der Waals surface area (Å²) in [6.07, 6.45) is 21.7. The van der Waals surface area contributed by atoms with Crippen LogP contribution < -0.4 is 0 Å². The minimum atomic E-state index is -0.365. The summed E-state index contributed by atoms with van der Waals surface area (Å²) in [4.78, 5) is 30.7. The Morgan fingerprint density at radius 2 is 1.14 bits per heavy atom. The third-order valence-corrected chi connectivity index (χ3v) is 5.66. The molecule has 35 heavy (non-hydrogen) atoms. The first kappa shape index (κ1) is 22.6. The van der Waals surface area contributed by atoms with Crippen LogP contribution in [0.1, 0.15) is 15.9 Å². The summed E-state index contributed by atoms with van der Waals surface area (Å²) in [6.45, 7) is 0. The monoisotopic (exact) mass is 498 g/mol. The molecule has 0 radical (unpaired) electrons. The van der Waals surface area contributed by atoms with Crippen LogP contribution in [0.4, 0.5) is 0 Å². The standard InChI is InChI=1S/C28H18N4O2.Fe/c1-34-28(33)18-4-2-17(3-5-18)26-15-25-14-23-9-8-21(30-23)12-19-6-7-20(29-19)13-22-10-11-24(31-22)16-27(26)32-25;/h2-16H,1H3;. The van der Waals surface area contributed by atoms with Gasteiger partial charge in [-0.05, 0) is 84.5 Å². The molecule has 5 aliphatic rings. The van der Waals surface area contributed by atoms with Crippen molar-refractivity contribution in [2.75, 3.05) is 7.11 Å². The number of rotatable bonds is 2. The van der Waals surface area contributed by atoms with Crippen molar-refractivity contribution in [3.63, 3.8) is 0 Å². The average molecular weight is 498 g/mol. The van der Waals surface area contributed by atoms with E-state index in [0.29, 0.717) is 5.56 Å². The molecule has 5 aliphatic heterocycles. The Morgan fingerprint density at radius 3 is 1.69 bits per heavy atom. The van der Waals surface area contributed by atoms with Crippen LogP contribution in [-0.2, 0) is 21.8 Å². The van der Waals surface area contributed by atoms with E-state index < -0.39 is 0 Å². The maximum Gasteiger partial charge on any atom is 0.337 e. The fraction of sp³-hybridized carbons (Fsp3) is 0.0357. The first-order chi connectivity index (χ1) is 16.6. The molecule has 0 aromatic heterocycles. The topological polar surface area (TPSA) is 75.7 Å². The molecule has 6 nitrogen and oxygen atoms in total. The van der Waals surface area contributed by atoms with Crippen LogP contribution in [-0.4, -0.2) is 35.9 Å². The maximum absolute atomic E-state index is 11.8. The summed E-state index contributed by atoms with van der Waals surface area (Å²) in [5, 5.41) is 0. The minimum Gasteiger partial charge on any atom is -0.465 e. The van der Waals surface area contributed by atoms with E-state index in [0.717, 1.165) is 56.8 Å². The number of hydrogen-bond donors (Lipinski definition) is 0. The summed E-state index contributed by atoms with van der Waals surface area (Å²) in [5.74, 6) is -0.365. The molecular weight excluding hydrogens is 480 g/mol. The molecule has 0 saturated carbocycles. The summed E-state index contributed by atoms with van der Waals surface area (Å²) in [6, 6.07) is 7.31. The van der Waals surface area contributed by atoms with E-state index in [-0.39, 0.29) is 23.0 Å². The molecule has 8 bridgehead atoms. The molecule has 1 aromatic rings. The van der Waals surface area contributed by atoms with Gasteiger partial charge >= 0.3 is 5.97 Å². The molecule has 170 valence electrons. The number of nitrogens with zero attached hydrogens (tertiary/aromatic N) is 4. The zero-order valence-corrected chi connectivity index (χ0v) is 19.7. The first-order valence-corrected chi connectivity index (χ1v) is 10.8. The van der Waals surface area contributed by atoms with Gasteiger partial charge in [0.2, 0.25) is 0 Å². The number of aliphatic imine (C=N–C) groups is 4. The second-order valence-electron chi connectivity index (χ2n) is 8.01. The van der Waals surface area contributed by atoms with E-state index in [1.165, 1.54) is 7.11 Å². The summed E-state index contributed by atoms with van der Waals surface area (Å²) in [7, 11) is 1.37. The normalized spacial score (nSPS) is 18.9. The largest absolute Gasteiger partial charge is 0.465 e. The van der Waals surface area contributed by atoms with Crippen LogP contribution in [0.3, 0.4) is 0 Å². The van der Waals surface area contributed by atoms with Crippen LogP contribution in [0, 0.1) is 0 Å². The molecule has 7 heteroatoms. The van der Waals surface area contributed by atoms with Gasteiger partial charge in [-0.15, -0.1) is 0 Å². The molecule has 0 saturated heterocycles. The molecule has 0 atom stereocenters. The van der Waals surface area contributed by atoms with Crippen LogP contribution in [0.5, 0.6) is 0 Å². The number of fused-ring (bicyclic) bond motifs is 4. The SMILES string of the molecule is COC(=O)c1ccc(C2=CC3=NC2=CC2=NC(=CC4=NC(=CC5=NC(=C3)C=C5)C=C4)C=C2)cc1.[Fe]. The van der Waals surface area contributed by atoms with Gasteiger partial charge in [0.25, 0.3) is 0 Å². The van der Waals surface area contributed by atoms with Crippen molar-refractivity contribution >= 4 is 34.4 Å². The zero-order valence-electron chi connectivity index (χ0n) is 18.6. The number of allylic oxidation sites excluding steroid dienone is 12. The minimum absolute atomic E-state index is 0. The molecule has 0 aliphatic carbocycles. The van der Waals surface area contributed by atoms with Crippen molar-refractivity contribution in [1.29, 1.82) is 0 Å². The Balaban J connectivity index is 0.00000253. The van der Waals surface area contributed by atoms with Gasteiger partial charge in [0, 0.05) is 22.6 Å². The van der Waals surface area contributed by atoms with Gasteiger partial charge in [0.05, 0.1) is 58.3 Å². The van der Waals surface area contributed by atoms with Gasteiger partial charge in [-0.2, -0.15) is 0 Å². The molecular formula is C28H18FeN4O2. The van der Waals surface area contributed by atoms with Gasteiger partial charge < -0.3 is 4.74 Å². The van der Waals surface area contributed by atoms with Crippen molar-refractivity contribution in [2.45, 2.75) is 0 Å². The third-order valence-electron chi connectivity index (χ3n) is 5.66. The van der Waals surface area contributed by atoms with Crippen molar-refractivity contribution in [2.24, 2.45) is 20.0 Å². The van der Waals surface area contributed by atoms with E-state index in [1.54, 1.807) is 12.1 Å². The number of esters is 1. The van der Waals surface area contributed by atoms with Crippen LogP contribution >= 0.6 is 0 Å². The summed E-state index contributed by atoms with van der Waals surface area (Å²) >= 11 is 0. The second-order valence-corrected chi connectivity index (χ2v) is 8.01. The van der Waals surface area contributed by atoms with Gasteiger partial charge in [0.15, 0.2) is 0 Å². The third kappa shape index (κ3) is 4.60. The molecule has 0 unspecified atom stereocenters. The number of carbonyl (C=O) groups is 1. The van der Waals surface area contributed by atoms with Crippen LogP contribution in [0.2, 0.25) is 0 Å². The Kier molecular flexibility index (Phi) is 5.95. The van der Waals surface area contributed by atoms with Crippen LogP contribution in [0.15, 0.2) is 134 Å². The summed E-state index contributed by atoms with van der Waals surface area (Å²) in [5.41, 5.74) is 8.98. The van der Waals surface area contributed by atoms with Gasteiger partial charge in [-0.1, -0.05) is 12.1 Å². The number of methoxy groups -OCH3 is 1. The smallest absolute Gasteiger partial charge is 0.337 e. The number of ether oxygens (including phenoxy) is 1. The molecule has 0 spiro atoms. The first-order valence-electron chi connectivity index (χ1n) is 10.8. The fourth-order valence-corrected chi connectivity index (χ4v) is 4.03. The van der Waals surface area contributed by atoms with Crippen molar-refractivity contribution in [1.82, 2.24) is 0 Å². The predicted octanol–water partition coefficient (Wildman–Crippen LogP) is 4.89. The Hall–Kier alpha value is -4.19. The molecule has 1 aromatic carbocycles. The van der Waals surface area contributed by atoms with E-state index in [4.69, 9.17) is 14.7 Å². The van der Waals surface area contributed by atoms with Crippen molar-refractivity contribution in [3.05, 3.63) is 125 Å². The van der Waals surface area contributed by atoms with E-state index in [2.05, 4.69) is 9.98 Å². The van der Waals surface area contributed by atoms with Crippen LogP contribution in [0.25, 0.3) is 5.57 Å². The molecule has 5 heterocycles. The quantitative estimate of drug-likeness (QED) is 0.430.